The van der Waals surface area contributed by atoms with Gasteiger partial charge < -0.3 is 15.0 Å². The van der Waals surface area contributed by atoms with E-state index in [2.05, 4.69) is 21.4 Å². The van der Waals surface area contributed by atoms with Crippen LogP contribution in [0.4, 0.5) is 0 Å². The highest BCUT2D eigenvalue weighted by atomic mass is 16.5. The summed E-state index contributed by atoms with van der Waals surface area (Å²) in [6.45, 7) is 8.10. The highest BCUT2D eigenvalue weighted by Gasteiger charge is 2.11. The SMILES string of the molecule is CC[C@@H](N)c1cncn1CCCN1CCOCC1. The summed E-state index contributed by atoms with van der Waals surface area (Å²) in [5, 5.41) is 0. The summed E-state index contributed by atoms with van der Waals surface area (Å²) in [5.41, 5.74) is 7.22. The van der Waals surface area contributed by atoms with Crippen LogP contribution in [0.25, 0.3) is 0 Å². The summed E-state index contributed by atoms with van der Waals surface area (Å²) < 4.78 is 7.53. The first kappa shape index (κ1) is 13.5. The van der Waals surface area contributed by atoms with E-state index in [0.29, 0.717) is 0 Å². The Bertz CT molecular complexity index is 347. The number of hydrogen-bond donors (Lipinski definition) is 1. The maximum absolute atomic E-state index is 6.07. The molecule has 1 fully saturated rings. The summed E-state index contributed by atoms with van der Waals surface area (Å²) >= 11 is 0. The molecule has 5 nitrogen and oxygen atoms in total. The molecule has 0 aromatic carbocycles. The molecule has 0 unspecified atom stereocenters. The molecule has 0 amide bonds. The highest BCUT2D eigenvalue weighted by molar-refractivity contribution is 5.04. The molecule has 1 aliphatic heterocycles. The molecule has 0 aliphatic carbocycles. The largest absolute Gasteiger partial charge is 0.379 e. The van der Waals surface area contributed by atoms with E-state index in [1.807, 2.05) is 12.5 Å². The Balaban J connectivity index is 1.77. The van der Waals surface area contributed by atoms with Crippen molar-refractivity contribution >= 4 is 0 Å². The second kappa shape index (κ2) is 6.87. The van der Waals surface area contributed by atoms with Crippen LogP contribution in [-0.4, -0.2) is 47.3 Å². The molecule has 0 saturated carbocycles. The Morgan fingerprint density at radius 1 is 1.39 bits per heavy atom. The number of rotatable bonds is 6. The Hall–Kier alpha value is -0.910. The zero-order valence-electron chi connectivity index (χ0n) is 11.2. The Kier molecular flexibility index (Phi) is 5.16. The fraction of sp³-hybridized carbons (Fsp3) is 0.769. The number of nitrogens with two attached hydrogens (primary N) is 1. The molecule has 102 valence electrons. The first-order chi connectivity index (χ1) is 8.81. The Morgan fingerprint density at radius 2 is 2.17 bits per heavy atom. The van der Waals surface area contributed by atoms with Gasteiger partial charge in [-0.3, -0.25) is 4.90 Å². The third kappa shape index (κ3) is 3.54. The molecule has 0 bridgehead atoms. The van der Waals surface area contributed by atoms with Crippen molar-refractivity contribution in [2.75, 3.05) is 32.8 Å². The molecule has 1 saturated heterocycles. The van der Waals surface area contributed by atoms with Crippen LogP contribution in [0.2, 0.25) is 0 Å². The van der Waals surface area contributed by atoms with Crippen molar-refractivity contribution in [3.05, 3.63) is 18.2 Å². The van der Waals surface area contributed by atoms with Crippen LogP contribution in [0, 0.1) is 0 Å². The van der Waals surface area contributed by atoms with Crippen LogP contribution in [0.5, 0.6) is 0 Å². The van der Waals surface area contributed by atoms with E-state index < -0.39 is 0 Å². The van der Waals surface area contributed by atoms with Gasteiger partial charge in [0.2, 0.25) is 0 Å². The quantitative estimate of drug-likeness (QED) is 0.821. The molecule has 18 heavy (non-hydrogen) atoms. The Labute approximate surface area is 109 Å². The molecule has 5 heteroatoms. The number of imidazole rings is 1. The van der Waals surface area contributed by atoms with E-state index in [9.17, 15) is 0 Å². The zero-order chi connectivity index (χ0) is 12.8. The van der Waals surface area contributed by atoms with Crippen LogP contribution >= 0.6 is 0 Å². The summed E-state index contributed by atoms with van der Waals surface area (Å²) in [6, 6.07) is 0.107. The number of nitrogens with zero attached hydrogens (tertiary/aromatic N) is 3. The monoisotopic (exact) mass is 252 g/mol. The van der Waals surface area contributed by atoms with Crippen molar-refractivity contribution in [2.45, 2.75) is 32.4 Å². The molecule has 0 spiro atoms. The molecule has 1 atom stereocenters. The van der Waals surface area contributed by atoms with Crippen molar-refractivity contribution in [1.82, 2.24) is 14.5 Å². The van der Waals surface area contributed by atoms with Crippen LogP contribution in [0.3, 0.4) is 0 Å². The lowest BCUT2D eigenvalue weighted by Crippen LogP contribution is -2.37. The summed E-state index contributed by atoms with van der Waals surface area (Å²) in [6.07, 6.45) is 5.88. The average Bonchev–Trinajstić information content (AvgIpc) is 2.87. The van der Waals surface area contributed by atoms with Gasteiger partial charge in [0.05, 0.1) is 25.2 Å². The van der Waals surface area contributed by atoms with Crippen molar-refractivity contribution in [2.24, 2.45) is 5.73 Å². The predicted molar refractivity (Wildman–Crippen MR) is 71.3 cm³/mol. The smallest absolute Gasteiger partial charge is 0.0948 e. The topological polar surface area (TPSA) is 56.3 Å². The third-order valence-corrected chi connectivity index (χ3v) is 3.54. The van der Waals surface area contributed by atoms with Crippen molar-refractivity contribution in [1.29, 1.82) is 0 Å². The highest BCUT2D eigenvalue weighted by Crippen LogP contribution is 2.13. The fourth-order valence-electron chi connectivity index (χ4n) is 2.33. The minimum Gasteiger partial charge on any atom is -0.379 e. The van der Waals surface area contributed by atoms with E-state index >= 15 is 0 Å². The van der Waals surface area contributed by atoms with Gasteiger partial charge in [-0.1, -0.05) is 6.92 Å². The number of hydrogen-bond acceptors (Lipinski definition) is 4. The number of ether oxygens (including phenoxy) is 1. The van der Waals surface area contributed by atoms with Crippen LogP contribution in [0.1, 0.15) is 31.5 Å². The predicted octanol–water partition coefficient (Wildman–Crippen LogP) is 1.02. The molecule has 2 N–H and O–H groups in total. The van der Waals surface area contributed by atoms with E-state index in [1.165, 1.54) is 0 Å². The standard InChI is InChI=1S/C13H24N4O/c1-2-12(14)13-10-15-11-17(13)5-3-4-16-6-8-18-9-7-16/h10-12H,2-9,14H2,1H3/t12-/m1/s1. The van der Waals surface area contributed by atoms with Gasteiger partial charge in [-0.2, -0.15) is 0 Å². The van der Waals surface area contributed by atoms with Gasteiger partial charge in [-0.15, -0.1) is 0 Å². The summed E-state index contributed by atoms with van der Waals surface area (Å²) in [7, 11) is 0. The average molecular weight is 252 g/mol. The molecule has 1 aliphatic rings. The lowest BCUT2D eigenvalue weighted by molar-refractivity contribution is 0.0369. The second-order valence-corrected chi connectivity index (χ2v) is 4.83. The maximum Gasteiger partial charge on any atom is 0.0948 e. The molecule has 0 radical (unpaired) electrons. The van der Waals surface area contributed by atoms with Gasteiger partial charge in [0.15, 0.2) is 0 Å². The van der Waals surface area contributed by atoms with E-state index in [-0.39, 0.29) is 6.04 Å². The number of aromatic nitrogens is 2. The zero-order valence-corrected chi connectivity index (χ0v) is 11.2. The van der Waals surface area contributed by atoms with Crippen molar-refractivity contribution in [3.63, 3.8) is 0 Å². The van der Waals surface area contributed by atoms with Crippen molar-refractivity contribution < 1.29 is 4.74 Å². The Morgan fingerprint density at radius 3 is 2.89 bits per heavy atom. The number of morpholine rings is 1. The first-order valence-corrected chi connectivity index (χ1v) is 6.87. The fourth-order valence-corrected chi connectivity index (χ4v) is 2.33. The van der Waals surface area contributed by atoms with Gasteiger partial charge >= 0.3 is 0 Å². The first-order valence-electron chi connectivity index (χ1n) is 6.87. The van der Waals surface area contributed by atoms with Crippen LogP contribution in [-0.2, 0) is 11.3 Å². The minimum absolute atomic E-state index is 0.107. The molecular weight excluding hydrogens is 228 g/mol. The summed E-state index contributed by atoms with van der Waals surface area (Å²) in [5.74, 6) is 0. The van der Waals surface area contributed by atoms with Gasteiger partial charge in [0.1, 0.15) is 0 Å². The van der Waals surface area contributed by atoms with E-state index in [4.69, 9.17) is 10.5 Å². The van der Waals surface area contributed by atoms with E-state index in [1.54, 1.807) is 0 Å². The van der Waals surface area contributed by atoms with Gasteiger partial charge in [0, 0.05) is 38.4 Å². The van der Waals surface area contributed by atoms with Crippen molar-refractivity contribution in [3.8, 4) is 0 Å². The van der Waals surface area contributed by atoms with Crippen LogP contribution in [0.15, 0.2) is 12.5 Å². The number of aryl methyl sites for hydroxylation is 1. The van der Waals surface area contributed by atoms with Gasteiger partial charge in [-0.25, -0.2) is 4.98 Å². The molecule has 2 heterocycles. The molecule has 1 aromatic heterocycles. The lowest BCUT2D eigenvalue weighted by Gasteiger charge is -2.26. The summed E-state index contributed by atoms with van der Waals surface area (Å²) in [4.78, 5) is 6.66. The molecule has 2 rings (SSSR count). The molecule has 1 aromatic rings. The van der Waals surface area contributed by atoms with E-state index in [0.717, 1.165) is 57.9 Å². The van der Waals surface area contributed by atoms with Crippen LogP contribution < -0.4 is 5.73 Å². The maximum atomic E-state index is 6.07. The lowest BCUT2D eigenvalue weighted by atomic mass is 10.2. The van der Waals surface area contributed by atoms with Gasteiger partial charge in [0.25, 0.3) is 0 Å². The normalized spacial score (nSPS) is 19.0. The second-order valence-electron chi connectivity index (χ2n) is 4.83. The van der Waals surface area contributed by atoms with Gasteiger partial charge in [-0.05, 0) is 12.8 Å². The third-order valence-electron chi connectivity index (χ3n) is 3.54. The molecular formula is C13H24N4O. The minimum atomic E-state index is 0.107.